The van der Waals surface area contributed by atoms with E-state index in [1.54, 1.807) is 11.3 Å². The van der Waals surface area contributed by atoms with Crippen molar-refractivity contribution in [1.82, 2.24) is 10.3 Å². The van der Waals surface area contributed by atoms with Crippen LogP contribution in [0.25, 0.3) is 10.6 Å². The summed E-state index contributed by atoms with van der Waals surface area (Å²) in [7, 11) is 0. The second-order valence-corrected chi connectivity index (χ2v) is 5.35. The molecule has 4 heteroatoms. The SMILES string of the molecule is Clc1cccc(-c2nc3c(s2)CNCC3)c1. The molecule has 1 aromatic carbocycles. The fourth-order valence-electron chi connectivity index (χ4n) is 1.87. The van der Waals surface area contributed by atoms with Crippen molar-refractivity contribution in [2.45, 2.75) is 13.0 Å². The maximum atomic E-state index is 5.99. The second-order valence-electron chi connectivity index (χ2n) is 3.83. The lowest BCUT2D eigenvalue weighted by molar-refractivity contribution is 0.644. The first-order valence-corrected chi connectivity index (χ1v) is 6.47. The zero-order valence-electron chi connectivity index (χ0n) is 8.66. The van der Waals surface area contributed by atoms with E-state index in [1.807, 2.05) is 18.2 Å². The molecule has 0 unspecified atom stereocenters. The quantitative estimate of drug-likeness (QED) is 0.841. The van der Waals surface area contributed by atoms with Gasteiger partial charge in [0.15, 0.2) is 0 Å². The summed E-state index contributed by atoms with van der Waals surface area (Å²) in [4.78, 5) is 6.04. The van der Waals surface area contributed by atoms with Gasteiger partial charge < -0.3 is 5.32 Å². The van der Waals surface area contributed by atoms with Crippen molar-refractivity contribution in [2.24, 2.45) is 0 Å². The number of hydrogen-bond donors (Lipinski definition) is 1. The number of hydrogen-bond acceptors (Lipinski definition) is 3. The monoisotopic (exact) mass is 250 g/mol. The molecular formula is C12H11ClN2S. The van der Waals surface area contributed by atoms with E-state index in [4.69, 9.17) is 11.6 Å². The fraction of sp³-hybridized carbons (Fsp3) is 0.250. The molecule has 0 saturated carbocycles. The first-order chi connectivity index (χ1) is 7.83. The third-order valence-electron chi connectivity index (χ3n) is 2.67. The molecule has 16 heavy (non-hydrogen) atoms. The van der Waals surface area contributed by atoms with Crippen LogP contribution < -0.4 is 5.32 Å². The van der Waals surface area contributed by atoms with Gasteiger partial charge in [-0.05, 0) is 12.1 Å². The van der Waals surface area contributed by atoms with Crippen molar-refractivity contribution >= 4 is 22.9 Å². The van der Waals surface area contributed by atoms with Crippen LogP contribution in [0.4, 0.5) is 0 Å². The largest absolute Gasteiger partial charge is 0.311 e. The Morgan fingerprint density at radius 3 is 3.12 bits per heavy atom. The molecular weight excluding hydrogens is 240 g/mol. The Kier molecular flexibility index (Phi) is 2.67. The van der Waals surface area contributed by atoms with Gasteiger partial charge in [0.1, 0.15) is 5.01 Å². The van der Waals surface area contributed by atoms with Gasteiger partial charge >= 0.3 is 0 Å². The van der Waals surface area contributed by atoms with E-state index in [2.05, 4.69) is 16.4 Å². The Bertz CT molecular complexity index is 498. The predicted octanol–water partition coefficient (Wildman–Crippen LogP) is 3.11. The molecule has 3 rings (SSSR count). The average Bonchev–Trinajstić information content (AvgIpc) is 2.72. The summed E-state index contributed by atoms with van der Waals surface area (Å²) in [5.41, 5.74) is 2.37. The minimum Gasteiger partial charge on any atom is -0.311 e. The van der Waals surface area contributed by atoms with Crippen molar-refractivity contribution in [3.63, 3.8) is 0 Å². The Morgan fingerprint density at radius 2 is 2.31 bits per heavy atom. The number of nitrogens with one attached hydrogen (secondary N) is 1. The first-order valence-electron chi connectivity index (χ1n) is 5.28. The van der Waals surface area contributed by atoms with E-state index in [-0.39, 0.29) is 0 Å². The molecule has 1 aliphatic heterocycles. The molecule has 0 bridgehead atoms. The Morgan fingerprint density at radius 1 is 1.38 bits per heavy atom. The predicted molar refractivity (Wildman–Crippen MR) is 68.0 cm³/mol. The summed E-state index contributed by atoms with van der Waals surface area (Å²) < 4.78 is 0. The molecule has 0 amide bonds. The minimum atomic E-state index is 0.767. The summed E-state index contributed by atoms with van der Waals surface area (Å²) >= 11 is 7.75. The number of nitrogens with zero attached hydrogens (tertiary/aromatic N) is 1. The van der Waals surface area contributed by atoms with Crippen molar-refractivity contribution in [3.8, 4) is 10.6 Å². The number of rotatable bonds is 1. The average molecular weight is 251 g/mol. The smallest absolute Gasteiger partial charge is 0.123 e. The molecule has 2 heterocycles. The van der Waals surface area contributed by atoms with Crippen LogP contribution in [0.3, 0.4) is 0 Å². The molecule has 0 spiro atoms. The lowest BCUT2D eigenvalue weighted by atomic mass is 10.2. The van der Waals surface area contributed by atoms with Gasteiger partial charge in [0, 0.05) is 35.0 Å². The van der Waals surface area contributed by atoms with Gasteiger partial charge in [0.05, 0.1) is 5.69 Å². The van der Waals surface area contributed by atoms with E-state index in [9.17, 15) is 0 Å². The second kappa shape index (κ2) is 4.17. The summed E-state index contributed by atoms with van der Waals surface area (Å²) in [6.45, 7) is 1.99. The van der Waals surface area contributed by atoms with E-state index in [0.717, 1.165) is 35.1 Å². The number of benzene rings is 1. The number of halogens is 1. The molecule has 0 saturated heterocycles. The van der Waals surface area contributed by atoms with Gasteiger partial charge in [-0.15, -0.1) is 11.3 Å². The van der Waals surface area contributed by atoms with Gasteiger partial charge in [-0.3, -0.25) is 0 Å². The van der Waals surface area contributed by atoms with Crippen LogP contribution in [0.2, 0.25) is 5.02 Å². The highest BCUT2D eigenvalue weighted by atomic mass is 35.5. The molecule has 2 aromatic rings. The zero-order chi connectivity index (χ0) is 11.0. The highest BCUT2D eigenvalue weighted by molar-refractivity contribution is 7.15. The van der Waals surface area contributed by atoms with E-state index in [0.29, 0.717) is 0 Å². The van der Waals surface area contributed by atoms with Crippen LogP contribution in [0, 0.1) is 0 Å². The lowest BCUT2D eigenvalue weighted by Crippen LogP contribution is -2.22. The molecule has 1 aliphatic rings. The van der Waals surface area contributed by atoms with Crippen molar-refractivity contribution in [1.29, 1.82) is 0 Å². The summed E-state index contributed by atoms with van der Waals surface area (Å²) in [5.74, 6) is 0. The first kappa shape index (κ1) is 10.3. The standard InChI is InChI=1S/C12H11ClN2S/c13-9-3-1-2-8(6-9)12-15-10-4-5-14-7-11(10)16-12/h1-3,6,14H,4-5,7H2. The van der Waals surface area contributed by atoms with Crippen molar-refractivity contribution in [3.05, 3.63) is 39.9 Å². The van der Waals surface area contributed by atoms with E-state index in [1.165, 1.54) is 10.6 Å². The van der Waals surface area contributed by atoms with Gasteiger partial charge in [0.2, 0.25) is 0 Å². The summed E-state index contributed by atoms with van der Waals surface area (Å²) in [6, 6.07) is 7.89. The molecule has 0 aliphatic carbocycles. The molecule has 1 N–H and O–H groups in total. The zero-order valence-corrected chi connectivity index (χ0v) is 10.2. The highest BCUT2D eigenvalue weighted by Crippen LogP contribution is 2.30. The molecule has 0 radical (unpaired) electrons. The molecule has 82 valence electrons. The molecule has 1 aromatic heterocycles. The lowest BCUT2D eigenvalue weighted by Gasteiger charge is -2.09. The Hall–Kier alpha value is -0.900. The Labute approximate surface area is 103 Å². The third kappa shape index (κ3) is 1.86. The number of aromatic nitrogens is 1. The van der Waals surface area contributed by atoms with Gasteiger partial charge in [-0.1, -0.05) is 23.7 Å². The highest BCUT2D eigenvalue weighted by Gasteiger charge is 2.15. The van der Waals surface area contributed by atoms with Crippen LogP contribution in [-0.2, 0) is 13.0 Å². The van der Waals surface area contributed by atoms with Crippen molar-refractivity contribution in [2.75, 3.05) is 6.54 Å². The molecule has 2 nitrogen and oxygen atoms in total. The maximum absolute atomic E-state index is 5.99. The van der Waals surface area contributed by atoms with Gasteiger partial charge in [-0.25, -0.2) is 4.98 Å². The van der Waals surface area contributed by atoms with Crippen molar-refractivity contribution < 1.29 is 0 Å². The summed E-state index contributed by atoms with van der Waals surface area (Å²) in [6.07, 6.45) is 1.03. The van der Waals surface area contributed by atoms with Crippen LogP contribution in [0.1, 0.15) is 10.6 Å². The molecule has 0 fully saturated rings. The number of fused-ring (bicyclic) bond motifs is 1. The van der Waals surface area contributed by atoms with Crippen LogP contribution in [-0.4, -0.2) is 11.5 Å². The Balaban J connectivity index is 2.03. The summed E-state index contributed by atoms with van der Waals surface area (Å²) in [5, 5.41) is 5.21. The molecule has 0 atom stereocenters. The van der Waals surface area contributed by atoms with E-state index >= 15 is 0 Å². The number of thiazole rings is 1. The van der Waals surface area contributed by atoms with Crippen LogP contribution >= 0.6 is 22.9 Å². The van der Waals surface area contributed by atoms with Crippen LogP contribution in [0.15, 0.2) is 24.3 Å². The third-order valence-corrected chi connectivity index (χ3v) is 4.06. The topological polar surface area (TPSA) is 24.9 Å². The normalized spacial score (nSPS) is 14.8. The maximum Gasteiger partial charge on any atom is 0.123 e. The minimum absolute atomic E-state index is 0.767. The van der Waals surface area contributed by atoms with Gasteiger partial charge in [0.25, 0.3) is 0 Å². The van der Waals surface area contributed by atoms with E-state index < -0.39 is 0 Å². The van der Waals surface area contributed by atoms with Gasteiger partial charge in [-0.2, -0.15) is 0 Å². The van der Waals surface area contributed by atoms with Crippen LogP contribution in [0.5, 0.6) is 0 Å². The fourth-order valence-corrected chi connectivity index (χ4v) is 3.13.